The minimum Gasteiger partial charge on any atom is -0.311 e. The molecule has 2 nitrogen and oxygen atoms in total. The summed E-state index contributed by atoms with van der Waals surface area (Å²) in [5.74, 6) is 0. The van der Waals surface area contributed by atoms with E-state index in [0.717, 1.165) is 11.4 Å². The molecule has 45 heavy (non-hydrogen) atoms. The summed E-state index contributed by atoms with van der Waals surface area (Å²) in [7, 11) is -2.64. The molecule has 2 heterocycles. The van der Waals surface area contributed by atoms with Gasteiger partial charge in [0.1, 0.15) is 0 Å². The molecule has 0 bridgehead atoms. The van der Waals surface area contributed by atoms with Crippen LogP contribution in [0.1, 0.15) is 0 Å². The van der Waals surface area contributed by atoms with Gasteiger partial charge < -0.3 is 9.47 Å². The van der Waals surface area contributed by atoms with Crippen LogP contribution < -0.4 is 25.6 Å². The van der Waals surface area contributed by atoms with Crippen LogP contribution in [0.2, 0.25) is 0 Å². The smallest absolute Gasteiger partial charge is 0.184 e. The molecule has 212 valence electrons. The van der Waals surface area contributed by atoms with E-state index in [1.807, 2.05) is 0 Å². The van der Waals surface area contributed by atoms with Crippen LogP contribution >= 0.6 is 0 Å². The highest BCUT2D eigenvalue weighted by Crippen LogP contribution is 2.40. The molecule has 7 aromatic carbocycles. The fourth-order valence-electron chi connectivity index (χ4n) is 7.66. The van der Waals surface area contributed by atoms with Crippen molar-refractivity contribution in [2.75, 3.05) is 4.90 Å². The van der Waals surface area contributed by atoms with E-state index in [0.29, 0.717) is 0 Å². The predicted octanol–water partition coefficient (Wildman–Crippen LogP) is 7.94. The number of fused-ring (bicyclic) bond motifs is 5. The highest BCUT2D eigenvalue weighted by Gasteiger charge is 2.48. The molecule has 0 amide bonds. The van der Waals surface area contributed by atoms with Crippen molar-refractivity contribution in [1.29, 1.82) is 0 Å². The van der Waals surface area contributed by atoms with Gasteiger partial charge in [-0.05, 0) is 63.2 Å². The summed E-state index contributed by atoms with van der Waals surface area (Å²) < 4.78 is 2.41. The Bertz CT molecular complexity index is 2200. The molecular formula is C42H30N2Si. The molecule has 0 N–H and O–H groups in total. The third-order valence-corrected chi connectivity index (χ3v) is 14.3. The van der Waals surface area contributed by atoms with Crippen molar-refractivity contribution in [1.82, 2.24) is 4.57 Å². The predicted molar refractivity (Wildman–Crippen MR) is 193 cm³/mol. The third-order valence-electron chi connectivity index (χ3n) is 9.44. The van der Waals surface area contributed by atoms with Crippen LogP contribution in [0.4, 0.5) is 17.1 Å². The van der Waals surface area contributed by atoms with Crippen molar-refractivity contribution >= 4 is 67.7 Å². The van der Waals surface area contributed by atoms with Gasteiger partial charge in [0.15, 0.2) is 8.07 Å². The highest BCUT2D eigenvalue weighted by atomic mass is 28.3. The van der Waals surface area contributed by atoms with Crippen molar-refractivity contribution in [3.05, 3.63) is 182 Å². The molecule has 1 aliphatic heterocycles. The zero-order valence-electron chi connectivity index (χ0n) is 24.7. The number of rotatable bonds is 4. The van der Waals surface area contributed by atoms with Crippen molar-refractivity contribution in [2.24, 2.45) is 0 Å². The van der Waals surface area contributed by atoms with Crippen LogP contribution in [0.15, 0.2) is 182 Å². The van der Waals surface area contributed by atoms with Crippen LogP contribution in [0.5, 0.6) is 0 Å². The molecule has 0 saturated heterocycles. The topological polar surface area (TPSA) is 8.17 Å². The number of aromatic nitrogens is 1. The molecule has 3 heteroatoms. The lowest BCUT2D eigenvalue weighted by atomic mass is 10.1. The maximum absolute atomic E-state index is 2.64. The lowest BCUT2D eigenvalue weighted by molar-refractivity contribution is 1.17. The molecule has 0 spiro atoms. The summed E-state index contributed by atoms with van der Waals surface area (Å²) in [6.45, 7) is 0. The van der Waals surface area contributed by atoms with Gasteiger partial charge >= 0.3 is 0 Å². The van der Waals surface area contributed by atoms with Crippen molar-refractivity contribution < 1.29 is 0 Å². The summed E-state index contributed by atoms with van der Waals surface area (Å²) in [6, 6.07) is 67.1. The summed E-state index contributed by atoms with van der Waals surface area (Å²) in [5, 5.41) is 8.15. The van der Waals surface area contributed by atoms with E-state index in [1.54, 1.807) is 0 Å². The van der Waals surface area contributed by atoms with Gasteiger partial charge in [-0.1, -0.05) is 140 Å². The number of anilines is 3. The number of nitrogens with zero attached hydrogens (tertiary/aromatic N) is 2. The van der Waals surface area contributed by atoms with E-state index in [4.69, 9.17) is 0 Å². The van der Waals surface area contributed by atoms with Crippen molar-refractivity contribution in [3.63, 3.8) is 0 Å². The Balaban J connectivity index is 1.33. The highest BCUT2D eigenvalue weighted by molar-refractivity contribution is 7.21. The monoisotopic (exact) mass is 590 g/mol. The molecule has 1 aromatic heterocycles. The minimum atomic E-state index is -2.64. The maximum Gasteiger partial charge on any atom is 0.184 e. The molecule has 0 saturated carbocycles. The summed E-state index contributed by atoms with van der Waals surface area (Å²) in [4.78, 5) is 2.49. The van der Waals surface area contributed by atoms with Gasteiger partial charge in [0.25, 0.3) is 0 Å². The van der Waals surface area contributed by atoms with E-state index in [2.05, 4.69) is 191 Å². The summed E-state index contributed by atoms with van der Waals surface area (Å²) in [6.07, 6.45) is 0. The number of benzene rings is 7. The molecular weight excluding hydrogens is 561 g/mol. The van der Waals surface area contributed by atoms with Crippen LogP contribution in [0.25, 0.3) is 27.5 Å². The Morgan fingerprint density at radius 2 is 0.800 bits per heavy atom. The van der Waals surface area contributed by atoms with Crippen LogP contribution in [0, 0.1) is 0 Å². The minimum absolute atomic E-state index is 1.15. The van der Waals surface area contributed by atoms with Gasteiger partial charge in [-0.2, -0.15) is 0 Å². The Kier molecular flexibility index (Phi) is 5.87. The Labute approximate surface area is 264 Å². The molecule has 0 aliphatic carbocycles. The van der Waals surface area contributed by atoms with Gasteiger partial charge in [0.2, 0.25) is 0 Å². The van der Waals surface area contributed by atoms with Crippen LogP contribution in [0.3, 0.4) is 0 Å². The molecule has 0 radical (unpaired) electrons. The Morgan fingerprint density at radius 3 is 1.36 bits per heavy atom. The molecule has 0 atom stereocenters. The van der Waals surface area contributed by atoms with E-state index in [9.17, 15) is 0 Å². The van der Waals surface area contributed by atoms with E-state index < -0.39 is 8.07 Å². The summed E-state index contributed by atoms with van der Waals surface area (Å²) in [5.41, 5.74) is 7.23. The largest absolute Gasteiger partial charge is 0.311 e. The second-order valence-electron chi connectivity index (χ2n) is 11.7. The first-order valence-corrected chi connectivity index (χ1v) is 17.5. The zero-order valence-corrected chi connectivity index (χ0v) is 25.7. The first-order valence-electron chi connectivity index (χ1n) is 15.5. The number of para-hydroxylation sites is 4. The second-order valence-corrected chi connectivity index (χ2v) is 15.5. The SMILES string of the molecule is c1ccc([Si]2(c3ccccc3)c3ccccc3N(c3cccc(-n4c5ccccc5c5ccccc54)c3)c3ccccc32)cc1. The number of hydrogen-bond donors (Lipinski definition) is 0. The van der Waals surface area contributed by atoms with E-state index in [-0.39, 0.29) is 0 Å². The average Bonchev–Trinajstić information content (AvgIpc) is 3.46. The van der Waals surface area contributed by atoms with Gasteiger partial charge in [-0.15, -0.1) is 0 Å². The third kappa shape index (κ3) is 3.74. The normalized spacial score (nSPS) is 13.5. The lowest BCUT2D eigenvalue weighted by Crippen LogP contribution is -2.77. The molecule has 9 rings (SSSR count). The van der Waals surface area contributed by atoms with E-state index >= 15 is 0 Å². The van der Waals surface area contributed by atoms with Gasteiger partial charge in [0, 0.05) is 33.5 Å². The second kappa shape index (κ2) is 10.2. The van der Waals surface area contributed by atoms with Gasteiger partial charge in [-0.25, -0.2) is 0 Å². The standard InChI is InChI=1S/C42H30N2Si/c1-3-18-33(19-4-1)45(34-20-5-2-6-21-34)41-28-13-11-26-39(41)44(40-27-12-14-29-42(40)45)32-17-15-16-31(30-32)43-37-24-9-7-22-35(37)36-23-8-10-25-38(36)43/h1-30H. The van der Waals surface area contributed by atoms with Crippen LogP contribution in [-0.4, -0.2) is 12.6 Å². The lowest BCUT2D eigenvalue weighted by Gasteiger charge is -2.45. The maximum atomic E-state index is 2.49. The van der Waals surface area contributed by atoms with Crippen molar-refractivity contribution in [2.45, 2.75) is 0 Å². The molecule has 0 unspecified atom stereocenters. The van der Waals surface area contributed by atoms with Gasteiger partial charge in [-0.3, -0.25) is 0 Å². The quantitative estimate of drug-likeness (QED) is 0.189. The molecule has 8 aromatic rings. The first-order chi connectivity index (χ1) is 22.4. The van der Waals surface area contributed by atoms with E-state index in [1.165, 1.54) is 53.9 Å². The Morgan fingerprint density at radius 1 is 0.356 bits per heavy atom. The Hall–Kier alpha value is -5.64. The molecule has 0 fully saturated rings. The van der Waals surface area contributed by atoms with Crippen LogP contribution in [-0.2, 0) is 0 Å². The average molecular weight is 591 g/mol. The molecule has 1 aliphatic rings. The fraction of sp³-hybridized carbons (Fsp3) is 0. The van der Waals surface area contributed by atoms with Gasteiger partial charge in [0.05, 0.1) is 11.0 Å². The number of hydrogen-bond acceptors (Lipinski definition) is 1. The zero-order chi connectivity index (χ0) is 29.8. The summed E-state index contributed by atoms with van der Waals surface area (Å²) >= 11 is 0. The first kappa shape index (κ1) is 25.8. The van der Waals surface area contributed by atoms with Crippen molar-refractivity contribution in [3.8, 4) is 5.69 Å². The fourth-order valence-corrected chi connectivity index (χ4v) is 12.8.